The first-order valence-electron chi connectivity index (χ1n) is 5.35. The standard InChI is InChI=1S/C11H19N3O/c1-8(2)3-4-11(15)10(12)5-9-6-13-7-14-9/h6-8,10H,3-5,12H2,1-2H3,(H,13,14)/t10-/m0/s1. The third-order valence-electron chi connectivity index (χ3n) is 2.38. The first-order valence-corrected chi connectivity index (χ1v) is 5.35. The van der Waals surface area contributed by atoms with Gasteiger partial charge in [-0.25, -0.2) is 4.98 Å². The Bertz CT molecular complexity index is 293. The predicted octanol–water partition coefficient (Wildman–Crippen LogP) is 1.28. The summed E-state index contributed by atoms with van der Waals surface area (Å²) in [5, 5.41) is 0. The van der Waals surface area contributed by atoms with Gasteiger partial charge in [0.1, 0.15) is 5.78 Å². The molecule has 0 radical (unpaired) electrons. The molecule has 0 aliphatic heterocycles. The van der Waals surface area contributed by atoms with E-state index < -0.39 is 6.04 Å². The molecule has 0 saturated carbocycles. The molecule has 1 atom stereocenters. The number of ketones is 1. The van der Waals surface area contributed by atoms with E-state index >= 15 is 0 Å². The molecule has 0 spiro atoms. The van der Waals surface area contributed by atoms with Crippen molar-refractivity contribution in [3.05, 3.63) is 18.2 Å². The highest BCUT2D eigenvalue weighted by atomic mass is 16.1. The molecule has 15 heavy (non-hydrogen) atoms. The molecule has 84 valence electrons. The summed E-state index contributed by atoms with van der Waals surface area (Å²) in [6, 6.07) is -0.399. The maximum atomic E-state index is 11.6. The van der Waals surface area contributed by atoms with Gasteiger partial charge in [-0.05, 0) is 12.3 Å². The Balaban J connectivity index is 2.33. The van der Waals surface area contributed by atoms with Crippen molar-refractivity contribution in [1.82, 2.24) is 9.97 Å². The van der Waals surface area contributed by atoms with E-state index in [4.69, 9.17) is 5.73 Å². The maximum absolute atomic E-state index is 11.6. The number of Topliss-reactive ketones (excluding diaryl/α,β-unsaturated/α-hetero) is 1. The summed E-state index contributed by atoms with van der Waals surface area (Å²) in [4.78, 5) is 18.4. The minimum atomic E-state index is -0.399. The van der Waals surface area contributed by atoms with Crippen LogP contribution >= 0.6 is 0 Å². The first kappa shape index (κ1) is 11.9. The Kier molecular flexibility index (Phi) is 4.49. The predicted molar refractivity (Wildman–Crippen MR) is 59.3 cm³/mol. The number of H-pyrrole nitrogens is 1. The van der Waals surface area contributed by atoms with Crippen LogP contribution in [0.15, 0.2) is 12.5 Å². The maximum Gasteiger partial charge on any atom is 0.149 e. The van der Waals surface area contributed by atoms with E-state index in [1.807, 2.05) is 0 Å². The van der Waals surface area contributed by atoms with Crippen LogP contribution in [0.25, 0.3) is 0 Å². The molecule has 1 aromatic heterocycles. The van der Waals surface area contributed by atoms with Gasteiger partial charge in [0.15, 0.2) is 0 Å². The molecule has 1 heterocycles. The minimum absolute atomic E-state index is 0.137. The highest BCUT2D eigenvalue weighted by molar-refractivity contribution is 5.83. The van der Waals surface area contributed by atoms with Crippen molar-refractivity contribution in [2.75, 3.05) is 0 Å². The van der Waals surface area contributed by atoms with E-state index in [0.29, 0.717) is 18.8 Å². The summed E-state index contributed by atoms with van der Waals surface area (Å²) >= 11 is 0. The van der Waals surface area contributed by atoms with Gasteiger partial charge in [0.05, 0.1) is 12.4 Å². The molecule has 0 saturated heterocycles. The summed E-state index contributed by atoms with van der Waals surface area (Å²) in [7, 11) is 0. The molecule has 1 aromatic rings. The number of nitrogens with one attached hydrogen (secondary N) is 1. The second-order valence-corrected chi connectivity index (χ2v) is 4.29. The molecule has 1 rings (SSSR count). The lowest BCUT2D eigenvalue weighted by molar-refractivity contribution is -0.120. The number of carbonyl (C=O) groups is 1. The molecule has 4 heteroatoms. The fourth-order valence-corrected chi connectivity index (χ4v) is 1.36. The van der Waals surface area contributed by atoms with Crippen LogP contribution < -0.4 is 5.73 Å². The van der Waals surface area contributed by atoms with E-state index in [0.717, 1.165) is 12.1 Å². The molecule has 0 aliphatic rings. The van der Waals surface area contributed by atoms with Crippen molar-refractivity contribution in [3.63, 3.8) is 0 Å². The van der Waals surface area contributed by atoms with Crippen LogP contribution in [0.1, 0.15) is 32.4 Å². The number of aromatic nitrogens is 2. The molecular formula is C11H19N3O. The Morgan fingerprint density at radius 3 is 2.87 bits per heavy atom. The van der Waals surface area contributed by atoms with Crippen molar-refractivity contribution >= 4 is 5.78 Å². The number of rotatable bonds is 6. The Labute approximate surface area is 90.3 Å². The molecule has 0 fully saturated rings. The molecule has 4 nitrogen and oxygen atoms in total. The summed E-state index contributed by atoms with van der Waals surface area (Å²) < 4.78 is 0. The highest BCUT2D eigenvalue weighted by Gasteiger charge is 2.14. The van der Waals surface area contributed by atoms with Crippen LogP contribution in [-0.4, -0.2) is 21.8 Å². The van der Waals surface area contributed by atoms with E-state index in [-0.39, 0.29) is 5.78 Å². The monoisotopic (exact) mass is 209 g/mol. The smallest absolute Gasteiger partial charge is 0.149 e. The number of hydrogen-bond donors (Lipinski definition) is 2. The summed E-state index contributed by atoms with van der Waals surface area (Å²) in [5.41, 5.74) is 6.71. The average molecular weight is 209 g/mol. The lowest BCUT2D eigenvalue weighted by Crippen LogP contribution is -2.32. The Morgan fingerprint density at radius 2 is 2.33 bits per heavy atom. The fraction of sp³-hybridized carbons (Fsp3) is 0.636. The van der Waals surface area contributed by atoms with Crippen molar-refractivity contribution in [2.24, 2.45) is 11.7 Å². The van der Waals surface area contributed by atoms with E-state index in [2.05, 4.69) is 23.8 Å². The van der Waals surface area contributed by atoms with Crippen LogP contribution in [0.2, 0.25) is 0 Å². The SMILES string of the molecule is CC(C)CCC(=O)[C@@H](N)Cc1cnc[nH]1. The van der Waals surface area contributed by atoms with Gasteiger partial charge in [-0.1, -0.05) is 13.8 Å². The zero-order chi connectivity index (χ0) is 11.3. The van der Waals surface area contributed by atoms with Crippen LogP contribution in [0.4, 0.5) is 0 Å². The molecule has 0 unspecified atom stereocenters. The third kappa shape index (κ3) is 4.25. The van der Waals surface area contributed by atoms with Crippen LogP contribution in [0.5, 0.6) is 0 Å². The topological polar surface area (TPSA) is 71.8 Å². The number of carbonyl (C=O) groups excluding carboxylic acids is 1. The molecule has 0 amide bonds. The lowest BCUT2D eigenvalue weighted by Gasteiger charge is -2.10. The molecular weight excluding hydrogens is 190 g/mol. The van der Waals surface area contributed by atoms with Crippen molar-refractivity contribution in [3.8, 4) is 0 Å². The zero-order valence-corrected chi connectivity index (χ0v) is 9.36. The van der Waals surface area contributed by atoms with Crippen molar-refractivity contribution in [1.29, 1.82) is 0 Å². The van der Waals surface area contributed by atoms with Gasteiger partial charge in [0.25, 0.3) is 0 Å². The number of aromatic amines is 1. The lowest BCUT2D eigenvalue weighted by atomic mass is 10.00. The number of hydrogen-bond acceptors (Lipinski definition) is 3. The number of imidazole rings is 1. The Hall–Kier alpha value is -1.16. The third-order valence-corrected chi connectivity index (χ3v) is 2.38. The van der Waals surface area contributed by atoms with Crippen LogP contribution in [0.3, 0.4) is 0 Å². The van der Waals surface area contributed by atoms with Gasteiger partial charge >= 0.3 is 0 Å². The van der Waals surface area contributed by atoms with E-state index in [1.54, 1.807) is 12.5 Å². The summed E-state index contributed by atoms with van der Waals surface area (Å²) in [6.45, 7) is 4.21. The Morgan fingerprint density at radius 1 is 1.60 bits per heavy atom. The zero-order valence-electron chi connectivity index (χ0n) is 9.36. The summed E-state index contributed by atoms with van der Waals surface area (Å²) in [6.07, 6.45) is 5.34. The second-order valence-electron chi connectivity index (χ2n) is 4.29. The van der Waals surface area contributed by atoms with Crippen LogP contribution in [0, 0.1) is 5.92 Å². The minimum Gasteiger partial charge on any atom is -0.348 e. The van der Waals surface area contributed by atoms with Gasteiger partial charge in [0.2, 0.25) is 0 Å². The van der Waals surface area contributed by atoms with Gasteiger partial charge < -0.3 is 10.7 Å². The average Bonchev–Trinajstić information content (AvgIpc) is 2.66. The largest absolute Gasteiger partial charge is 0.348 e. The van der Waals surface area contributed by atoms with Crippen LogP contribution in [-0.2, 0) is 11.2 Å². The molecule has 3 N–H and O–H groups in total. The van der Waals surface area contributed by atoms with Crippen molar-refractivity contribution in [2.45, 2.75) is 39.2 Å². The van der Waals surface area contributed by atoms with E-state index in [9.17, 15) is 4.79 Å². The van der Waals surface area contributed by atoms with Gasteiger partial charge in [-0.15, -0.1) is 0 Å². The molecule has 0 aliphatic carbocycles. The number of nitrogens with zero attached hydrogens (tertiary/aromatic N) is 1. The normalized spacial score (nSPS) is 13.1. The van der Waals surface area contributed by atoms with Gasteiger partial charge in [-0.2, -0.15) is 0 Å². The molecule has 0 bridgehead atoms. The quantitative estimate of drug-likeness (QED) is 0.741. The van der Waals surface area contributed by atoms with E-state index in [1.165, 1.54) is 0 Å². The summed E-state index contributed by atoms with van der Waals surface area (Å²) in [5.74, 6) is 0.687. The second kappa shape index (κ2) is 5.66. The fourth-order valence-electron chi connectivity index (χ4n) is 1.36. The highest BCUT2D eigenvalue weighted by Crippen LogP contribution is 2.07. The van der Waals surface area contributed by atoms with Crippen molar-refractivity contribution < 1.29 is 4.79 Å². The van der Waals surface area contributed by atoms with Gasteiger partial charge in [-0.3, -0.25) is 4.79 Å². The first-order chi connectivity index (χ1) is 7.09. The number of nitrogens with two attached hydrogens (primary N) is 1. The van der Waals surface area contributed by atoms with Gasteiger partial charge in [0, 0.05) is 24.7 Å². The molecule has 0 aromatic carbocycles.